The van der Waals surface area contributed by atoms with E-state index in [1.807, 2.05) is 6.08 Å². The number of esters is 2. The third-order valence-electron chi connectivity index (χ3n) is 11.5. The molecule has 1 saturated carbocycles. The van der Waals surface area contributed by atoms with Crippen molar-refractivity contribution in [3.63, 3.8) is 0 Å². The summed E-state index contributed by atoms with van der Waals surface area (Å²) < 4.78 is 33.5. The van der Waals surface area contributed by atoms with Gasteiger partial charge in [0.05, 0.1) is 6.61 Å². The van der Waals surface area contributed by atoms with Crippen molar-refractivity contribution in [3.05, 3.63) is 72.9 Å². The Labute approximate surface area is 404 Å². The minimum absolute atomic E-state index is 0.0248. The van der Waals surface area contributed by atoms with Crippen molar-refractivity contribution in [1.82, 2.24) is 0 Å². The van der Waals surface area contributed by atoms with Crippen LogP contribution in [0.2, 0.25) is 0 Å². The van der Waals surface area contributed by atoms with E-state index in [-0.39, 0.29) is 12.8 Å². The summed E-state index contributed by atoms with van der Waals surface area (Å²) in [6.45, 7) is 3.13. The van der Waals surface area contributed by atoms with Crippen LogP contribution >= 0.6 is 7.82 Å². The lowest BCUT2D eigenvalue weighted by molar-refractivity contribution is -0.220. The van der Waals surface area contributed by atoms with Gasteiger partial charge in [-0.2, -0.15) is 0 Å². The number of phosphoric ester groups is 1. The van der Waals surface area contributed by atoms with E-state index >= 15 is 0 Å². The first-order valence-electron chi connectivity index (χ1n) is 25.7. The number of aliphatic hydroxyl groups excluding tert-OH is 5. The van der Waals surface area contributed by atoms with Crippen LogP contribution in [0.3, 0.4) is 0 Å². The standard InChI is InChI=1S/C53H91O13P/c1-3-5-7-9-11-13-15-17-19-20-21-22-23-24-25-26-28-30-32-34-36-38-40-42-47(55)65-45(44-64-67(61,62)66-53-51(59)49(57)48(56)50(58)52(53)60)43-63-46(54)41-39-37-35-33-31-29-27-18-16-14-12-10-8-6-4-2/h6,8,12,14,18,26-28,31,33-34,36,45,48-53,56-60H,3-5,7,9-11,13,15-17,19-25,29-30,32,35,37-44H2,1-2H3,(H,61,62)/b8-6+,14-12+,27-18+,28-26+,33-31+,36-34+/t45-,48?,49-,50?,51?,52?,53?/m1/s1. The second kappa shape index (κ2) is 42.2. The molecule has 0 heterocycles. The molecule has 0 aromatic heterocycles. The maximum Gasteiger partial charge on any atom is 0.472 e. The molecule has 0 aromatic carbocycles. The van der Waals surface area contributed by atoms with Gasteiger partial charge in [0.2, 0.25) is 0 Å². The molecule has 6 N–H and O–H groups in total. The molecule has 0 aliphatic heterocycles. The minimum atomic E-state index is -5.15. The molecule has 0 saturated heterocycles. The molecular weight excluding hydrogens is 876 g/mol. The van der Waals surface area contributed by atoms with E-state index in [1.54, 1.807) is 0 Å². The first-order chi connectivity index (χ1) is 32.4. The fourth-order valence-electron chi connectivity index (χ4n) is 7.42. The number of aliphatic hydroxyl groups is 5. The van der Waals surface area contributed by atoms with E-state index in [4.69, 9.17) is 18.5 Å². The van der Waals surface area contributed by atoms with Crippen LogP contribution in [0.4, 0.5) is 0 Å². The molecule has 0 radical (unpaired) electrons. The number of carbonyl (C=O) groups is 2. The molecule has 0 aromatic rings. The van der Waals surface area contributed by atoms with Gasteiger partial charge in [0.15, 0.2) is 6.10 Å². The van der Waals surface area contributed by atoms with Crippen molar-refractivity contribution in [2.24, 2.45) is 0 Å². The van der Waals surface area contributed by atoms with Crippen molar-refractivity contribution in [2.45, 2.75) is 236 Å². The molecule has 13 nitrogen and oxygen atoms in total. The average Bonchev–Trinajstić information content (AvgIpc) is 3.31. The molecule has 8 atom stereocenters. The van der Waals surface area contributed by atoms with Crippen LogP contribution in [0.1, 0.15) is 194 Å². The Morgan fingerprint density at radius 2 is 0.881 bits per heavy atom. The fraction of sp³-hybridized carbons (Fsp3) is 0.736. The second-order valence-corrected chi connectivity index (χ2v) is 19.0. The molecule has 1 rings (SSSR count). The van der Waals surface area contributed by atoms with Gasteiger partial charge < -0.3 is 39.9 Å². The molecule has 67 heavy (non-hydrogen) atoms. The van der Waals surface area contributed by atoms with Crippen molar-refractivity contribution < 1.29 is 63.1 Å². The van der Waals surface area contributed by atoms with Gasteiger partial charge in [0.1, 0.15) is 43.2 Å². The number of phosphoric acid groups is 1. The zero-order valence-corrected chi connectivity index (χ0v) is 42.1. The third-order valence-corrected chi connectivity index (χ3v) is 12.5. The highest BCUT2D eigenvalue weighted by atomic mass is 31.2. The van der Waals surface area contributed by atoms with Crippen LogP contribution in [-0.2, 0) is 32.7 Å². The highest BCUT2D eigenvalue weighted by molar-refractivity contribution is 7.47. The molecule has 14 heteroatoms. The summed E-state index contributed by atoms with van der Waals surface area (Å²) in [7, 11) is -5.15. The molecule has 1 fully saturated rings. The van der Waals surface area contributed by atoms with Crippen LogP contribution in [0.25, 0.3) is 0 Å². The van der Waals surface area contributed by atoms with Gasteiger partial charge >= 0.3 is 19.8 Å². The monoisotopic (exact) mass is 967 g/mol. The summed E-state index contributed by atoms with van der Waals surface area (Å²) in [5, 5.41) is 50.2. The lowest BCUT2D eigenvalue weighted by Gasteiger charge is -2.41. The normalized spacial score (nSPS) is 21.7. The topological polar surface area (TPSA) is 210 Å². The van der Waals surface area contributed by atoms with Gasteiger partial charge in [-0.15, -0.1) is 0 Å². The lowest BCUT2D eigenvalue weighted by atomic mass is 9.85. The van der Waals surface area contributed by atoms with E-state index in [0.29, 0.717) is 19.3 Å². The van der Waals surface area contributed by atoms with Gasteiger partial charge in [-0.05, 0) is 83.5 Å². The SMILES string of the molecule is CC/C=C/C/C=C/C/C=C/C/C=C/CCCCC(=O)OC[C@H](COP(=O)(O)OC1C(O)C(O)C(O)[C@@H](O)C1O)OC(=O)CCC/C=C/CC/C=C/CCCCCCCCCCCCCCCC. The van der Waals surface area contributed by atoms with Crippen LogP contribution in [0, 0.1) is 0 Å². The Hall–Kier alpha value is -2.71. The van der Waals surface area contributed by atoms with Gasteiger partial charge in [0.25, 0.3) is 0 Å². The summed E-state index contributed by atoms with van der Waals surface area (Å²) in [6, 6.07) is 0. The molecule has 386 valence electrons. The lowest BCUT2D eigenvalue weighted by Crippen LogP contribution is -2.64. The molecule has 6 unspecified atom stereocenters. The molecule has 1 aliphatic carbocycles. The van der Waals surface area contributed by atoms with Crippen LogP contribution < -0.4 is 0 Å². The summed E-state index contributed by atoms with van der Waals surface area (Å²) in [5.74, 6) is -1.20. The van der Waals surface area contributed by atoms with Gasteiger partial charge in [-0.3, -0.25) is 18.6 Å². The van der Waals surface area contributed by atoms with Crippen LogP contribution in [0.5, 0.6) is 0 Å². The first kappa shape index (κ1) is 62.3. The highest BCUT2D eigenvalue weighted by Crippen LogP contribution is 2.47. The fourth-order valence-corrected chi connectivity index (χ4v) is 8.39. The number of hydrogen-bond donors (Lipinski definition) is 6. The maximum absolute atomic E-state index is 12.8. The van der Waals surface area contributed by atoms with E-state index in [9.17, 15) is 44.6 Å². The number of ether oxygens (including phenoxy) is 2. The van der Waals surface area contributed by atoms with Crippen molar-refractivity contribution >= 4 is 19.8 Å². The third kappa shape index (κ3) is 34.3. The van der Waals surface area contributed by atoms with Gasteiger partial charge in [0, 0.05) is 12.8 Å². The predicted molar refractivity (Wildman–Crippen MR) is 267 cm³/mol. The number of allylic oxidation sites excluding steroid dienone is 12. The van der Waals surface area contributed by atoms with E-state index in [2.05, 4.69) is 80.7 Å². The Morgan fingerprint density at radius 1 is 0.478 bits per heavy atom. The molecule has 1 aliphatic rings. The highest BCUT2D eigenvalue weighted by Gasteiger charge is 2.51. The number of rotatable bonds is 42. The maximum atomic E-state index is 12.8. The smallest absolute Gasteiger partial charge is 0.462 e. The Morgan fingerprint density at radius 3 is 1.40 bits per heavy atom. The van der Waals surface area contributed by atoms with Crippen LogP contribution in [-0.4, -0.2) is 98.3 Å². The molecule has 0 amide bonds. The molecule has 0 spiro atoms. The summed E-state index contributed by atoms with van der Waals surface area (Å²) >= 11 is 0. The zero-order valence-electron chi connectivity index (χ0n) is 41.2. The number of carbonyl (C=O) groups excluding carboxylic acids is 2. The first-order valence-corrected chi connectivity index (χ1v) is 27.2. The quantitative estimate of drug-likeness (QED) is 0.0146. The van der Waals surface area contributed by atoms with Crippen molar-refractivity contribution in [3.8, 4) is 0 Å². The summed E-state index contributed by atoms with van der Waals surface area (Å²) in [4.78, 5) is 35.8. The van der Waals surface area contributed by atoms with Crippen molar-refractivity contribution in [2.75, 3.05) is 13.2 Å². The Balaban J connectivity index is 2.44. The van der Waals surface area contributed by atoms with E-state index in [1.165, 1.54) is 89.9 Å². The summed E-state index contributed by atoms with van der Waals surface area (Å²) in [6.07, 6.45) is 41.2. The predicted octanol–water partition coefficient (Wildman–Crippen LogP) is 11.1. The molecular formula is C53H91O13P. The number of hydrogen-bond acceptors (Lipinski definition) is 12. The van der Waals surface area contributed by atoms with Gasteiger partial charge in [-0.25, -0.2) is 4.57 Å². The average molecular weight is 967 g/mol. The second-order valence-electron chi connectivity index (χ2n) is 17.6. The summed E-state index contributed by atoms with van der Waals surface area (Å²) in [5.41, 5.74) is 0. The van der Waals surface area contributed by atoms with E-state index in [0.717, 1.165) is 57.8 Å². The zero-order chi connectivity index (χ0) is 49.2. The van der Waals surface area contributed by atoms with E-state index < -0.39 is 75.7 Å². The Bertz CT molecular complexity index is 1440. The van der Waals surface area contributed by atoms with Gasteiger partial charge in [-0.1, -0.05) is 170 Å². The number of unbranched alkanes of at least 4 members (excludes halogenated alkanes) is 18. The molecule has 0 bridgehead atoms. The largest absolute Gasteiger partial charge is 0.472 e. The van der Waals surface area contributed by atoms with Crippen molar-refractivity contribution in [1.29, 1.82) is 0 Å². The Kier molecular flexibility index (Phi) is 39.2. The minimum Gasteiger partial charge on any atom is -0.462 e. The van der Waals surface area contributed by atoms with Crippen LogP contribution in [0.15, 0.2) is 72.9 Å².